The number of benzene rings is 1. The average molecular weight is 657 g/mol. The van der Waals surface area contributed by atoms with Crippen molar-refractivity contribution < 1.29 is 33.1 Å². The number of anilines is 1. The normalized spacial score (nSPS) is 24.6. The first-order valence-electron chi connectivity index (χ1n) is 15.3. The molecule has 0 radical (unpaired) electrons. The molecule has 2 aromatic heterocycles. The van der Waals surface area contributed by atoms with Gasteiger partial charge in [-0.05, 0) is 67.7 Å². The lowest BCUT2D eigenvalue weighted by atomic mass is 9.91. The molecule has 45 heavy (non-hydrogen) atoms. The van der Waals surface area contributed by atoms with Crippen LogP contribution in [0.15, 0.2) is 36.8 Å². The first kappa shape index (κ1) is 30.2. The summed E-state index contributed by atoms with van der Waals surface area (Å²) < 4.78 is 26.3. The fourth-order valence-electron chi connectivity index (χ4n) is 6.96. The topological polar surface area (TPSA) is 156 Å². The highest BCUT2D eigenvalue weighted by molar-refractivity contribution is 7.51. The third kappa shape index (κ3) is 5.62. The van der Waals surface area contributed by atoms with E-state index < -0.39 is 31.5 Å². The molecule has 6 heterocycles. The number of nitrogens with one attached hydrogen (secondary N) is 1. The van der Waals surface area contributed by atoms with Gasteiger partial charge in [-0.1, -0.05) is 6.07 Å². The fourth-order valence-corrected chi connectivity index (χ4v) is 8.46. The Morgan fingerprint density at radius 2 is 1.89 bits per heavy atom. The molecule has 3 aromatic rings. The number of thiophene rings is 1. The molecule has 4 aliphatic rings. The molecule has 0 spiro atoms. The van der Waals surface area contributed by atoms with Crippen LogP contribution in [0.2, 0.25) is 0 Å². The maximum absolute atomic E-state index is 14.2. The van der Waals surface area contributed by atoms with Crippen LogP contribution in [0.1, 0.15) is 71.2 Å². The van der Waals surface area contributed by atoms with Crippen molar-refractivity contribution in [1.29, 1.82) is 0 Å². The maximum atomic E-state index is 14.2. The Balaban J connectivity index is 1.02. The van der Waals surface area contributed by atoms with Crippen LogP contribution in [-0.4, -0.2) is 91.6 Å². The van der Waals surface area contributed by atoms with Gasteiger partial charge in [0.15, 0.2) is 0 Å². The monoisotopic (exact) mass is 656 g/mol. The number of amides is 3. The van der Waals surface area contributed by atoms with Gasteiger partial charge in [0.25, 0.3) is 5.91 Å². The predicted octanol–water partition coefficient (Wildman–Crippen LogP) is 3.32. The van der Waals surface area contributed by atoms with E-state index >= 15 is 0 Å². The molecule has 4 saturated heterocycles. The van der Waals surface area contributed by atoms with Crippen molar-refractivity contribution in [3.63, 3.8) is 0 Å². The summed E-state index contributed by atoms with van der Waals surface area (Å²) in [6.07, 6.45) is 7.83. The summed E-state index contributed by atoms with van der Waals surface area (Å²) in [4.78, 5) is 74.1. The summed E-state index contributed by atoms with van der Waals surface area (Å²) >= 11 is 1.15. The van der Waals surface area contributed by atoms with E-state index in [1.165, 1.54) is 24.3 Å². The minimum absolute atomic E-state index is 0.0450. The van der Waals surface area contributed by atoms with Crippen LogP contribution in [0.4, 0.5) is 10.2 Å². The van der Waals surface area contributed by atoms with Crippen LogP contribution >= 0.6 is 18.9 Å². The molecular weight excluding hydrogens is 622 g/mol. The summed E-state index contributed by atoms with van der Waals surface area (Å²) in [6, 6.07) is 4.28. The van der Waals surface area contributed by atoms with Crippen LogP contribution in [0.25, 0.3) is 10.1 Å². The second-order valence-corrected chi connectivity index (χ2v) is 15.1. The van der Waals surface area contributed by atoms with E-state index in [0.29, 0.717) is 40.9 Å². The Labute approximate surface area is 262 Å². The number of rotatable bonds is 7. The highest BCUT2D eigenvalue weighted by Crippen LogP contribution is 2.53. The van der Waals surface area contributed by atoms with Gasteiger partial charge in [-0.15, -0.1) is 11.3 Å². The molecule has 0 saturated carbocycles. The lowest BCUT2D eigenvalue weighted by Crippen LogP contribution is -2.58. The van der Waals surface area contributed by atoms with Crippen molar-refractivity contribution in [1.82, 2.24) is 25.1 Å². The second-order valence-electron chi connectivity index (χ2n) is 12.4. The number of nitrogens with zero attached hydrogens (tertiary/aromatic N) is 5. The van der Waals surface area contributed by atoms with Crippen molar-refractivity contribution in [3.05, 3.63) is 52.8 Å². The van der Waals surface area contributed by atoms with Crippen LogP contribution in [0, 0.1) is 0 Å². The second kappa shape index (κ2) is 11.7. The van der Waals surface area contributed by atoms with Crippen LogP contribution in [-0.2, 0) is 14.2 Å². The largest absolute Gasteiger partial charge is 0.363 e. The van der Waals surface area contributed by atoms with Crippen molar-refractivity contribution in [3.8, 4) is 0 Å². The van der Waals surface area contributed by atoms with E-state index in [9.17, 15) is 33.1 Å². The van der Waals surface area contributed by atoms with Gasteiger partial charge in [0.2, 0.25) is 17.7 Å². The average Bonchev–Trinajstić information content (AvgIpc) is 3.55. The minimum Gasteiger partial charge on any atom is -0.356 e. The van der Waals surface area contributed by atoms with Crippen molar-refractivity contribution in [2.75, 3.05) is 31.1 Å². The predicted molar refractivity (Wildman–Crippen MR) is 165 cm³/mol. The van der Waals surface area contributed by atoms with Crippen molar-refractivity contribution >= 4 is 52.6 Å². The Hall–Kier alpha value is -3.45. The van der Waals surface area contributed by atoms with Crippen LogP contribution in [0.3, 0.4) is 0 Å². The molecule has 15 heteroatoms. The molecule has 4 aliphatic heterocycles. The molecule has 1 aromatic carbocycles. The van der Waals surface area contributed by atoms with Gasteiger partial charge in [0.1, 0.15) is 24.2 Å². The Bertz CT molecular complexity index is 1710. The first-order chi connectivity index (χ1) is 21.6. The molecule has 3 amide bonds. The quantitative estimate of drug-likeness (QED) is 0.325. The molecule has 0 bridgehead atoms. The molecule has 0 unspecified atom stereocenters. The zero-order valence-corrected chi connectivity index (χ0v) is 26.1. The lowest BCUT2D eigenvalue weighted by molar-refractivity contribution is -0.148. The number of hydrogen-bond acceptors (Lipinski definition) is 8. The molecule has 238 valence electrons. The Morgan fingerprint density at radius 3 is 2.62 bits per heavy atom. The number of fused-ring (bicyclic) bond motifs is 2. The number of halogens is 1. The number of carbonyl (C=O) groups is 3. The van der Waals surface area contributed by atoms with Crippen molar-refractivity contribution in [2.24, 2.45) is 0 Å². The zero-order chi connectivity index (χ0) is 31.5. The van der Waals surface area contributed by atoms with Crippen LogP contribution in [0.5, 0.6) is 0 Å². The van der Waals surface area contributed by atoms with Crippen LogP contribution < -0.4 is 10.2 Å². The number of hydrogen-bond donors (Lipinski definition) is 3. The SMILES string of the molecule is O=C(N[C@H]1CCC[C@H]2CC[C@@H](C(=O)N3CC(c4cncnc4N4CCC4)C3)N2C1=O)c1cc2cc([C@H](F)P(=O)(O)O)ccc2s1. The van der Waals surface area contributed by atoms with E-state index in [1.807, 2.05) is 11.1 Å². The first-order valence-corrected chi connectivity index (χ1v) is 17.8. The van der Waals surface area contributed by atoms with Gasteiger partial charge >= 0.3 is 7.60 Å². The van der Waals surface area contributed by atoms with Gasteiger partial charge in [-0.25, -0.2) is 14.4 Å². The molecule has 0 aliphatic carbocycles. The molecular formula is C30H34FN6O6PS. The highest BCUT2D eigenvalue weighted by Gasteiger charge is 2.48. The molecule has 3 N–H and O–H groups in total. The number of aromatic nitrogens is 2. The van der Waals surface area contributed by atoms with E-state index in [2.05, 4.69) is 20.2 Å². The summed E-state index contributed by atoms with van der Waals surface area (Å²) in [7, 11) is -4.97. The molecule has 4 fully saturated rings. The maximum Gasteiger partial charge on any atom is 0.363 e. The summed E-state index contributed by atoms with van der Waals surface area (Å²) in [6.45, 7) is 3.06. The summed E-state index contributed by atoms with van der Waals surface area (Å²) in [5.41, 5.74) is 0.889. The number of alkyl halides is 1. The highest BCUT2D eigenvalue weighted by atomic mass is 32.1. The van der Waals surface area contributed by atoms with Gasteiger partial charge < -0.3 is 29.8 Å². The minimum atomic E-state index is -4.97. The van der Waals surface area contributed by atoms with Gasteiger partial charge in [0, 0.05) is 54.6 Å². The van der Waals surface area contributed by atoms with E-state index in [0.717, 1.165) is 61.5 Å². The Morgan fingerprint density at radius 1 is 1.09 bits per heavy atom. The lowest BCUT2D eigenvalue weighted by Gasteiger charge is -2.44. The number of carbonyl (C=O) groups excluding carboxylic acids is 3. The van der Waals surface area contributed by atoms with E-state index in [1.54, 1.807) is 11.2 Å². The van der Waals surface area contributed by atoms with Gasteiger partial charge in [0.05, 0.1) is 4.88 Å². The van der Waals surface area contributed by atoms with Gasteiger partial charge in [-0.3, -0.25) is 18.9 Å². The molecule has 7 rings (SSSR count). The van der Waals surface area contributed by atoms with Crippen molar-refractivity contribution in [2.45, 2.75) is 68.5 Å². The third-order valence-electron chi connectivity index (χ3n) is 9.52. The Kier molecular flexibility index (Phi) is 7.87. The fraction of sp³-hybridized carbons (Fsp3) is 0.500. The molecule has 4 atom stereocenters. The summed E-state index contributed by atoms with van der Waals surface area (Å²) in [5.74, 6) is -2.12. The molecule has 12 nitrogen and oxygen atoms in total. The third-order valence-corrected chi connectivity index (χ3v) is 11.5. The van der Waals surface area contributed by atoms with Gasteiger partial charge in [-0.2, -0.15) is 0 Å². The smallest absolute Gasteiger partial charge is 0.356 e. The number of likely N-dealkylation sites (tertiary alicyclic amines) is 1. The van der Waals surface area contributed by atoms with E-state index in [-0.39, 0.29) is 29.3 Å². The van der Waals surface area contributed by atoms with E-state index in [4.69, 9.17) is 0 Å². The zero-order valence-electron chi connectivity index (χ0n) is 24.4. The standard InChI is InChI=1S/C30H34FN6O6PS/c31-26(44(41,42)43)17-5-8-24-18(11-17)12-25(45-24)28(38)34-22-4-1-3-20-6-7-23(37(20)29(22)39)30(40)36-14-19(15-36)21-13-32-16-33-27(21)35-9-2-10-35/h5,8,11-13,16,19-20,22-23,26H,1-4,6-7,9-10,14-15H2,(H,34,38)(H2,41,42,43)/t20-,22-,23-,26+/m0/s1. The summed E-state index contributed by atoms with van der Waals surface area (Å²) in [5, 5.41) is 3.35.